The van der Waals surface area contributed by atoms with E-state index in [0.29, 0.717) is 28.7 Å². The molecular formula is C18H19N3O4. The quantitative estimate of drug-likeness (QED) is 0.862. The molecule has 1 saturated heterocycles. The van der Waals surface area contributed by atoms with E-state index in [0.717, 1.165) is 10.5 Å². The summed E-state index contributed by atoms with van der Waals surface area (Å²) in [5.74, 6) is -1.14. The van der Waals surface area contributed by atoms with Crippen LogP contribution in [0.3, 0.4) is 0 Å². The predicted octanol–water partition coefficient (Wildman–Crippen LogP) is 1.95. The monoisotopic (exact) mass is 341 g/mol. The van der Waals surface area contributed by atoms with Gasteiger partial charge in [0.2, 0.25) is 0 Å². The van der Waals surface area contributed by atoms with E-state index < -0.39 is 24.0 Å². The van der Waals surface area contributed by atoms with E-state index in [1.807, 2.05) is 25.1 Å². The molecule has 7 nitrogen and oxygen atoms in total. The van der Waals surface area contributed by atoms with Gasteiger partial charge in [-0.2, -0.15) is 0 Å². The Kier molecular flexibility index (Phi) is 4.39. The van der Waals surface area contributed by atoms with Gasteiger partial charge < -0.3 is 10.1 Å². The van der Waals surface area contributed by atoms with Crippen molar-refractivity contribution in [2.45, 2.75) is 26.9 Å². The summed E-state index contributed by atoms with van der Waals surface area (Å²) in [7, 11) is 0. The van der Waals surface area contributed by atoms with Crippen LogP contribution in [0.1, 0.15) is 28.5 Å². The number of nitrogens with zero attached hydrogens (tertiary/aromatic N) is 2. The Bertz CT molecular complexity index is 878. The fourth-order valence-electron chi connectivity index (χ4n) is 2.82. The van der Waals surface area contributed by atoms with Crippen LogP contribution in [0.5, 0.6) is 0 Å². The second kappa shape index (κ2) is 6.51. The van der Waals surface area contributed by atoms with Gasteiger partial charge in [0.1, 0.15) is 0 Å². The molecule has 2 aromatic rings. The molecule has 7 heteroatoms. The summed E-state index contributed by atoms with van der Waals surface area (Å²) in [6.45, 7) is 5.86. The molecule has 0 spiro atoms. The lowest BCUT2D eigenvalue weighted by molar-refractivity contribution is -0.136. The zero-order chi connectivity index (χ0) is 18.1. The van der Waals surface area contributed by atoms with E-state index in [1.165, 1.54) is 6.92 Å². The highest BCUT2D eigenvalue weighted by molar-refractivity contribution is 6.05. The molecule has 3 rings (SSSR count). The van der Waals surface area contributed by atoms with Gasteiger partial charge in [-0.3, -0.25) is 14.7 Å². The van der Waals surface area contributed by atoms with Crippen LogP contribution in [-0.4, -0.2) is 47.0 Å². The first kappa shape index (κ1) is 16.9. The second-order valence-electron chi connectivity index (χ2n) is 6.10. The lowest BCUT2D eigenvalue weighted by atomic mass is 10.1. The molecule has 0 aliphatic carbocycles. The van der Waals surface area contributed by atoms with Gasteiger partial charge in [-0.25, -0.2) is 9.59 Å². The number of amides is 3. The van der Waals surface area contributed by atoms with Crippen LogP contribution in [0.25, 0.3) is 10.9 Å². The fraction of sp³-hybridized carbons (Fsp3) is 0.333. The van der Waals surface area contributed by atoms with E-state index in [4.69, 9.17) is 4.74 Å². The number of urea groups is 1. The maximum Gasteiger partial charge on any atom is 0.339 e. The molecule has 1 N–H and O–H groups in total. The van der Waals surface area contributed by atoms with Crippen LogP contribution < -0.4 is 5.32 Å². The standard InChI is InChI=1S/C18H19N3O4/c1-10-4-5-15-13(8-10)14(9-11(2)20-15)17(23)25-12(3)16(22)21-7-6-19-18(21)24/h4-5,8-9,12H,6-7H2,1-3H3,(H,19,24). The summed E-state index contributed by atoms with van der Waals surface area (Å²) < 4.78 is 5.32. The van der Waals surface area contributed by atoms with Gasteiger partial charge >= 0.3 is 12.0 Å². The summed E-state index contributed by atoms with van der Waals surface area (Å²) in [6, 6.07) is 6.80. The first-order valence-electron chi connectivity index (χ1n) is 8.05. The number of carbonyl (C=O) groups is 3. The van der Waals surface area contributed by atoms with Crippen LogP contribution in [-0.2, 0) is 9.53 Å². The van der Waals surface area contributed by atoms with Crippen LogP contribution in [0, 0.1) is 13.8 Å². The maximum absolute atomic E-state index is 12.6. The molecule has 25 heavy (non-hydrogen) atoms. The number of pyridine rings is 1. The third kappa shape index (κ3) is 3.31. The molecule has 1 aliphatic rings. The number of imide groups is 1. The van der Waals surface area contributed by atoms with Crippen LogP contribution in [0.15, 0.2) is 24.3 Å². The minimum atomic E-state index is -1.05. The molecular weight excluding hydrogens is 322 g/mol. The van der Waals surface area contributed by atoms with Gasteiger partial charge in [0.15, 0.2) is 6.10 Å². The smallest absolute Gasteiger partial charge is 0.339 e. The molecule has 0 bridgehead atoms. The topological polar surface area (TPSA) is 88.6 Å². The van der Waals surface area contributed by atoms with Gasteiger partial charge in [0.25, 0.3) is 5.91 Å². The van der Waals surface area contributed by atoms with E-state index in [9.17, 15) is 14.4 Å². The fourth-order valence-corrected chi connectivity index (χ4v) is 2.82. The van der Waals surface area contributed by atoms with Crippen molar-refractivity contribution in [3.8, 4) is 0 Å². The normalized spacial score (nSPS) is 15.2. The summed E-state index contributed by atoms with van der Waals surface area (Å²) in [5, 5.41) is 3.22. The molecule has 0 radical (unpaired) electrons. The van der Waals surface area contributed by atoms with Crippen molar-refractivity contribution in [2.75, 3.05) is 13.1 Å². The predicted molar refractivity (Wildman–Crippen MR) is 91.2 cm³/mol. The van der Waals surface area contributed by atoms with Crippen molar-refractivity contribution in [3.05, 3.63) is 41.1 Å². The van der Waals surface area contributed by atoms with Crippen LogP contribution in [0.4, 0.5) is 4.79 Å². The zero-order valence-corrected chi connectivity index (χ0v) is 14.3. The molecule has 1 fully saturated rings. The summed E-state index contributed by atoms with van der Waals surface area (Å²) in [5.41, 5.74) is 2.72. The van der Waals surface area contributed by atoms with E-state index in [1.54, 1.807) is 13.0 Å². The summed E-state index contributed by atoms with van der Waals surface area (Å²) in [4.78, 5) is 41.9. The van der Waals surface area contributed by atoms with Crippen molar-refractivity contribution in [2.24, 2.45) is 0 Å². The third-order valence-corrected chi connectivity index (χ3v) is 4.07. The number of nitrogens with one attached hydrogen (secondary N) is 1. The minimum absolute atomic E-state index is 0.274. The number of ether oxygens (including phenoxy) is 1. The largest absolute Gasteiger partial charge is 0.449 e. The number of aryl methyl sites for hydroxylation is 2. The Hall–Kier alpha value is -2.96. The Morgan fingerprint density at radius 3 is 2.72 bits per heavy atom. The van der Waals surface area contributed by atoms with Gasteiger partial charge in [-0.15, -0.1) is 0 Å². The zero-order valence-electron chi connectivity index (χ0n) is 14.3. The second-order valence-corrected chi connectivity index (χ2v) is 6.10. The number of benzene rings is 1. The molecule has 130 valence electrons. The number of hydrogen-bond donors (Lipinski definition) is 1. The molecule has 2 heterocycles. The van der Waals surface area contributed by atoms with Gasteiger partial charge in [0.05, 0.1) is 11.1 Å². The molecule has 3 amide bonds. The Labute approximate surface area is 145 Å². The first-order chi connectivity index (χ1) is 11.9. The van der Waals surface area contributed by atoms with Crippen molar-refractivity contribution in [1.29, 1.82) is 0 Å². The van der Waals surface area contributed by atoms with Crippen molar-refractivity contribution in [3.63, 3.8) is 0 Å². The molecule has 0 saturated carbocycles. The molecule has 1 aromatic heterocycles. The third-order valence-electron chi connectivity index (χ3n) is 4.07. The highest BCUT2D eigenvalue weighted by atomic mass is 16.5. The van der Waals surface area contributed by atoms with Gasteiger partial charge in [-0.05, 0) is 39.0 Å². The SMILES string of the molecule is Cc1ccc2nc(C)cc(C(=O)OC(C)C(=O)N3CCNC3=O)c2c1. The van der Waals surface area contributed by atoms with E-state index >= 15 is 0 Å². The Morgan fingerprint density at radius 2 is 2.04 bits per heavy atom. The highest BCUT2D eigenvalue weighted by Crippen LogP contribution is 2.21. The maximum atomic E-state index is 12.6. The summed E-state index contributed by atoms with van der Waals surface area (Å²) in [6.07, 6.45) is -1.05. The molecule has 1 aromatic carbocycles. The number of aromatic nitrogens is 1. The van der Waals surface area contributed by atoms with E-state index in [2.05, 4.69) is 10.3 Å². The summed E-state index contributed by atoms with van der Waals surface area (Å²) >= 11 is 0. The van der Waals surface area contributed by atoms with Crippen molar-refractivity contribution >= 4 is 28.8 Å². The average Bonchev–Trinajstić information content (AvgIpc) is 2.99. The van der Waals surface area contributed by atoms with E-state index in [-0.39, 0.29) is 6.54 Å². The van der Waals surface area contributed by atoms with Crippen molar-refractivity contribution < 1.29 is 19.1 Å². The van der Waals surface area contributed by atoms with Gasteiger partial charge in [0, 0.05) is 24.2 Å². The highest BCUT2D eigenvalue weighted by Gasteiger charge is 2.32. The minimum Gasteiger partial charge on any atom is -0.449 e. The number of fused-ring (bicyclic) bond motifs is 1. The van der Waals surface area contributed by atoms with Crippen LogP contribution in [0.2, 0.25) is 0 Å². The molecule has 1 aliphatic heterocycles. The lowest BCUT2D eigenvalue weighted by Gasteiger charge is -2.18. The average molecular weight is 341 g/mol. The van der Waals surface area contributed by atoms with Gasteiger partial charge in [-0.1, -0.05) is 11.6 Å². The Balaban J connectivity index is 1.86. The molecule has 1 unspecified atom stereocenters. The number of esters is 1. The first-order valence-corrected chi connectivity index (χ1v) is 8.05. The molecule has 1 atom stereocenters. The number of carbonyl (C=O) groups excluding carboxylic acids is 3. The van der Waals surface area contributed by atoms with Crippen molar-refractivity contribution in [1.82, 2.24) is 15.2 Å². The lowest BCUT2D eigenvalue weighted by Crippen LogP contribution is -2.41. The van der Waals surface area contributed by atoms with Crippen LogP contribution >= 0.6 is 0 Å². The number of rotatable bonds is 3. The Morgan fingerprint density at radius 1 is 1.28 bits per heavy atom. The number of hydrogen-bond acceptors (Lipinski definition) is 5.